The van der Waals surface area contributed by atoms with E-state index in [1.807, 2.05) is 38.1 Å². The molecule has 0 aliphatic heterocycles. The summed E-state index contributed by atoms with van der Waals surface area (Å²) in [4.78, 5) is 12.7. The number of benzene rings is 2. The number of anilines is 1. The summed E-state index contributed by atoms with van der Waals surface area (Å²) in [5.41, 5.74) is 1.40. The first-order valence-electron chi connectivity index (χ1n) is 9.31. The van der Waals surface area contributed by atoms with Crippen molar-refractivity contribution in [1.29, 1.82) is 0 Å². The molecule has 1 N–H and O–H groups in total. The van der Waals surface area contributed by atoms with Crippen LogP contribution in [0.5, 0.6) is 11.5 Å². The van der Waals surface area contributed by atoms with E-state index in [1.165, 1.54) is 11.4 Å². The van der Waals surface area contributed by atoms with Gasteiger partial charge in [-0.1, -0.05) is 25.1 Å². The highest BCUT2D eigenvalue weighted by Gasteiger charge is 2.22. The van der Waals surface area contributed by atoms with Gasteiger partial charge < -0.3 is 14.8 Å². The van der Waals surface area contributed by atoms with Crippen LogP contribution in [0.2, 0.25) is 0 Å². The van der Waals surface area contributed by atoms with Crippen LogP contribution in [-0.2, 0) is 14.8 Å². The zero-order chi connectivity index (χ0) is 21.6. The molecule has 8 heteroatoms. The van der Waals surface area contributed by atoms with E-state index in [9.17, 15) is 13.2 Å². The Bertz CT molecular complexity index is 928. The Balaban J connectivity index is 2.06. The highest BCUT2D eigenvalue weighted by Crippen LogP contribution is 2.25. The topological polar surface area (TPSA) is 84.9 Å². The largest absolute Gasteiger partial charge is 0.496 e. The van der Waals surface area contributed by atoms with Crippen LogP contribution in [0.1, 0.15) is 31.9 Å². The Morgan fingerprint density at radius 2 is 1.76 bits per heavy atom. The van der Waals surface area contributed by atoms with Gasteiger partial charge in [-0.15, -0.1) is 0 Å². The summed E-state index contributed by atoms with van der Waals surface area (Å²) in [6.07, 6.45) is 0.943. The second kappa shape index (κ2) is 9.65. The minimum absolute atomic E-state index is 0.233. The Morgan fingerprint density at radius 1 is 1.14 bits per heavy atom. The van der Waals surface area contributed by atoms with Gasteiger partial charge >= 0.3 is 0 Å². The molecule has 1 amide bonds. The maximum absolute atomic E-state index is 12.7. The third kappa shape index (κ3) is 5.87. The molecule has 0 spiro atoms. The third-order valence-electron chi connectivity index (χ3n) is 4.60. The van der Waals surface area contributed by atoms with Crippen LogP contribution in [-0.4, -0.2) is 40.8 Å². The Morgan fingerprint density at radius 3 is 2.31 bits per heavy atom. The van der Waals surface area contributed by atoms with Crippen molar-refractivity contribution in [2.75, 3.05) is 24.7 Å². The van der Waals surface area contributed by atoms with Crippen LogP contribution < -0.4 is 19.1 Å². The van der Waals surface area contributed by atoms with Gasteiger partial charge in [0.05, 0.1) is 25.1 Å². The molecular formula is C21H28N2O5S. The van der Waals surface area contributed by atoms with Crippen molar-refractivity contribution >= 4 is 21.6 Å². The number of sulfonamides is 1. The average molecular weight is 421 g/mol. The Labute approximate surface area is 172 Å². The van der Waals surface area contributed by atoms with E-state index in [1.54, 1.807) is 31.4 Å². The molecule has 0 saturated carbocycles. The normalized spacial score (nSPS) is 13.3. The summed E-state index contributed by atoms with van der Waals surface area (Å²) in [6.45, 7) is 3.75. The molecular weight excluding hydrogens is 392 g/mol. The fourth-order valence-electron chi connectivity index (χ4n) is 2.82. The van der Waals surface area contributed by atoms with E-state index >= 15 is 0 Å². The quantitative estimate of drug-likeness (QED) is 0.674. The van der Waals surface area contributed by atoms with Crippen LogP contribution in [0.4, 0.5) is 5.69 Å². The number of para-hydroxylation sites is 1. The van der Waals surface area contributed by atoms with Gasteiger partial charge in [-0.25, -0.2) is 8.42 Å². The summed E-state index contributed by atoms with van der Waals surface area (Å²) in [5, 5.41) is 2.96. The standard InChI is InChI=1S/C21H28N2O5S/c1-6-19(21(24)22-15(2)18-9-7-8-10-20(18)27-4)28-17-13-11-16(12-14-17)23(3)29(5,25)26/h7-15,19H,6H2,1-5H3,(H,22,24)/t15-,19+/m0/s1. The van der Waals surface area contributed by atoms with Crippen molar-refractivity contribution < 1.29 is 22.7 Å². The Hall–Kier alpha value is -2.74. The molecule has 29 heavy (non-hydrogen) atoms. The zero-order valence-electron chi connectivity index (χ0n) is 17.4. The summed E-state index contributed by atoms with van der Waals surface area (Å²) < 4.78 is 35.6. The molecule has 2 atom stereocenters. The molecule has 0 aliphatic carbocycles. The first-order valence-corrected chi connectivity index (χ1v) is 11.2. The van der Waals surface area contributed by atoms with Crippen LogP contribution in [0.15, 0.2) is 48.5 Å². The molecule has 0 unspecified atom stereocenters. The summed E-state index contributed by atoms with van der Waals surface area (Å²) in [7, 11) is -0.265. The van der Waals surface area contributed by atoms with Crippen LogP contribution in [0.3, 0.4) is 0 Å². The predicted molar refractivity (Wildman–Crippen MR) is 114 cm³/mol. The number of hydrogen-bond acceptors (Lipinski definition) is 5. The number of carbonyl (C=O) groups is 1. The van der Waals surface area contributed by atoms with E-state index < -0.39 is 16.1 Å². The molecule has 2 aromatic carbocycles. The number of amides is 1. The summed E-state index contributed by atoms with van der Waals surface area (Å²) >= 11 is 0. The van der Waals surface area contributed by atoms with Gasteiger partial charge in [0.15, 0.2) is 6.10 Å². The maximum atomic E-state index is 12.7. The minimum Gasteiger partial charge on any atom is -0.496 e. The molecule has 7 nitrogen and oxygen atoms in total. The van der Waals surface area contributed by atoms with E-state index in [4.69, 9.17) is 9.47 Å². The highest BCUT2D eigenvalue weighted by atomic mass is 32.2. The van der Waals surface area contributed by atoms with Crippen LogP contribution in [0.25, 0.3) is 0 Å². The number of methoxy groups -OCH3 is 1. The molecule has 0 fully saturated rings. The molecule has 0 bridgehead atoms. The van der Waals surface area contributed by atoms with Gasteiger partial charge in [-0.3, -0.25) is 9.10 Å². The molecule has 158 valence electrons. The fourth-order valence-corrected chi connectivity index (χ4v) is 3.33. The second-order valence-corrected chi connectivity index (χ2v) is 8.73. The van der Waals surface area contributed by atoms with E-state index in [2.05, 4.69) is 5.32 Å². The average Bonchev–Trinajstić information content (AvgIpc) is 2.70. The smallest absolute Gasteiger partial charge is 0.261 e. The van der Waals surface area contributed by atoms with Gasteiger partial charge in [0.1, 0.15) is 11.5 Å². The molecule has 0 aliphatic rings. The molecule has 0 heterocycles. The lowest BCUT2D eigenvalue weighted by molar-refractivity contribution is -0.128. The monoisotopic (exact) mass is 420 g/mol. The van der Waals surface area contributed by atoms with Crippen LogP contribution >= 0.6 is 0 Å². The van der Waals surface area contributed by atoms with Gasteiger partial charge in [0, 0.05) is 12.6 Å². The number of hydrogen-bond donors (Lipinski definition) is 1. The van der Waals surface area contributed by atoms with Gasteiger partial charge in [-0.05, 0) is 43.7 Å². The lowest BCUT2D eigenvalue weighted by Gasteiger charge is -2.22. The molecule has 0 radical (unpaired) electrons. The third-order valence-corrected chi connectivity index (χ3v) is 5.81. The lowest BCUT2D eigenvalue weighted by Crippen LogP contribution is -2.39. The number of ether oxygens (including phenoxy) is 2. The number of nitrogens with zero attached hydrogens (tertiary/aromatic N) is 1. The summed E-state index contributed by atoms with van der Waals surface area (Å²) in [5.74, 6) is 0.964. The van der Waals surface area contributed by atoms with Gasteiger partial charge in [0.25, 0.3) is 5.91 Å². The van der Waals surface area contributed by atoms with Crippen molar-refractivity contribution in [3.05, 3.63) is 54.1 Å². The first kappa shape index (κ1) is 22.5. The molecule has 0 aromatic heterocycles. The van der Waals surface area contributed by atoms with Crippen molar-refractivity contribution in [3.63, 3.8) is 0 Å². The maximum Gasteiger partial charge on any atom is 0.261 e. The Kier molecular flexibility index (Phi) is 7.50. The lowest BCUT2D eigenvalue weighted by atomic mass is 10.1. The fraction of sp³-hybridized carbons (Fsp3) is 0.381. The van der Waals surface area contributed by atoms with E-state index in [0.717, 1.165) is 11.8 Å². The number of rotatable bonds is 9. The van der Waals surface area contributed by atoms with E-state index in [0.29, 0.717) is 23.6 Å². The number of carbonyl (C=O) groups excluding carboxylic acids is 1. The second-order valence-electron chi connectivity index (χ2n) is 6.71. The predicted octanol–water partition coefficient (Wildman–Crippen LogP) is 3.13. The van der Waals surface area contributed by atoms with Crippen molar-refractivity contribution in [3.8, 4) is 11.5 Å². The minimum atomic E-state index is -3.34. The van der Waals surface area contributed by atoms with Gasteiger partial charge in [-0.2, -0.15) is 0 Å². The van der Waals surface area contributed by atoms with E-state index in [-0.39, 0.29) is 11.9 Å². The summed E-state index contributed by atoms with van der Waals surface area (Å²) in [6, 6.07) is 13.8. The van der Waals surface area contributed by atoms with Crippen molar-refractivity contribution in [2.45, 2.75) is 32.4 Å². The first-order chi connectivity index (χ1) is 13.7. The molecule has 0 saturated heterocycles. The van der Waals surface area contributed by atoms with Crippen molar-refractivity contribution in [1.82, 2.24) is 5.32 Å². The zero-order valence-corrected chi connectivity index (χ0v) is 18.2. The SMILES string of the molecule is CC[C@@H](Oc1ccc(N(C)S(C)(=O)=O)cc1)C(=O)N[C@@H](C)c1ccccc1OC. The van der Waals surface area contributed by atoms with Crippen molar-refractivity contribution in [2.24, 2.45) is 0 Å². The molecule has 2 aromatic rings. The molecule has 2 rings (SSSR count). The highest BCUT2D eigenvalue weighted by molar-refractivity contribution is 7.92. The van der Waals surface area contributed by atoms with Crippen LogP contribution in [0, 0.1) is 0 Å². The van der Waals surface area contributed by atoms with Gasteiger partial charge in [0.2, 0.25) is 10.0 Å². The number of nitrogens with one attached hydrogen (secondary N) is 1.